The van der Waals surface area contributed by atoms with E-state index in [4.69, 9.17) is 0 Å². The van der Waals surface area contributed by atoms with Crippen LogP contribution in [0.4, 0.5) is 5.82 Å². The molecule has 0 saturated carbocycles. The summed E-state index contributed by atoms with van der Waals surface area (Å²) in [7, 11) is 3.01. The maximum absolute atomic E-state index is 11.4. The number of nitrogens with one attached hydrogen (secondary N) is 3. The Morgan fingerprint density at radius 3 is 2.60 bits per heavy atom. The van der Waals surface area contributed by atoms with Gasteiger partial charge in [0.25, 0.3) is 5.56 Å². The zero-order valence-corrected chi connectivity index (χ0v) is 8.46. The first kappa shape index (κ1) is 11.0. The fraction of sp³-hybridized carbons (Fsp3) is 0.375. The molecule has 3 N–H and O–H groups in total. The van der Waals surface area contributed by atoms with Crippen molar-refractivity contribution in [3.05, 3.63) is 26.9 Å². The average molecular weight is 212 g/mol. The van der Waals surface area contributed by atoms with Gasteiger partial charge >= 0.3 is 5.69 Å². The van der Waals surface area contributed by atoms with Crippen molar-refractivity contribution in [3.63, 3.8) is 0 Å². The average Bonchev–Trinajstić information content (AvgIpc) is 2.22. The highest BCUT2D eigenvalue weighted by molar-refractivity contribution is 5.75. The number of carbonyl (C=O) groups excluding carboxylic acids is 1. The molecule has 0 atom stereocenters. The third-order valence-electron chi connectivity index (χ3n) is 1.87. The Balaban J connectivity index is 3.15. The van der Waals surface area contributed by atoms with Crippen LogP contribution in [0.1, 0.15) is 0 Å². The SMILES string of the molecule is CNC(=O)Cn1c(=O)cc(NC)[nH]c1=O. The van der Waals surface area contributed by atoms with E-state index in [-0.39, 0.29) is 6.54 Å². The Bertz CT molecular complexity index is 442. The summed E-state index contributed by atoms with van der Waals surface area (Å²) in [6, 6.07) is 1.21. The molecule has 0 aliphatic rings. The maximum atomic E-state index is 11.4. The number of hydrogen-bond donors (Lipinski definition) is 3. The molecule has 1 heterocycles. The molecule has 0 spiro atoms. The molecule has 1 aromatic heterocycles. The third-order valence-corrected chi connectivity index (χ3v) is 1.87. The zero-order chi connectivity index (χ0) is 11.4. The minimum absolute atomic E-state index is 0.283. The lowest BCUT2D eigenvalue weighted by Crippen LogP contribution is -2.39. The van der Waals surface area contributed by atoms with Crippen molar-refractivity contribution >= 4 is 11.7 Å². The van der Waals surface area contributed by atoms with E-state index in [0.29, 0.717) is 5.82 Å². The molecule has 0 aliphatic carbocycles. The zero-order valence-electron chi connectivity index (χ0n) is 8.46. The number of likely N-dealkylation sites (N-methyl/N-ethyl adjacent to an activating group) is 1. The molecule has 0 unspecified atom stereocenters. The van der Waals surface area contributed by atoms with E-state index >= 15 is 0 Å². The van der Waals surface area contributed by atoms with Crippen LogP contribution in [-0.2, 0) is 11.3 Å². The number of aromatic nitrogens is 2. The number of H-pyrrole nitrogens is 1. The van der Waals surface area contributed by atoms with Gasteiger partial charge in [-0.25, -0.2) is 4.79 Å². The highest BCUT2D eigenvalue weighted by Gasteiger charge is 2.06. The van der Waals surface area contributed by atoms with Crippen molar-refractivity contribution < 1.29 is 4.79 Å². The van der Waals surface area contributed by atoms with Gasteiger partial charge in [0.2, 0.25) is 5.91 Å². The lowest BCUT2D eigenvalue weighted by atomic mass is 10.5. The summed E-state index contributed by atoms with van der Waals surface area (Å²) in [4.78, 5) is 36.2. The lowest BCUT2D eigenvalue weighted by molar-refractivity contribution is -0.121. The molecule has 82 valence electrons. The van der Waals surface area contributed by atoms with Crippen molar-refractivity contribution in [2.75, 3.05) is 19.4 Å². The molecule has 7 heteroatoms. The Hall–Kier alpha value is -2.05. The van der Waals surface area contributed by atoms with Gasteiger partial charge in [-0.05, 0) is 0 Å². The first-order chi connectivity index (χ1) is 7.08. The maximum Gasteiger partial charge on any atom is 0.330 e. The van der Waals surface area contributed by atoms with E-state index in [1.165, 1.54) is 13.1 Å². The van der Waals surface area contributed by atoms with E-state index in [1.54, 1.807) is 7.05 Å². The number of hydrogen-bond acceptors (Lipinski definition) is 4. The molecule has 15 heavy (non-hydrogen) atoms. The first-order valence-corrected chi connectivity index (χ1v) is 4.31. The fourth-order valence-electron chi connectivity index (χ4n) is 1.03. The normalized spacial score (nSPS) is 9.73. The summed E-state index contributed by atoms with van der Waals surface area (Å²) in [5, 5.41) is 4.96. The topological polar surface area (TPSA) is 96.0 Å². The van der Waals surface area contributed by atoms with Gasteiger partial charge in [-0.15, -0.1) is 0 Å². The second-order valence-corrected chi connectivity index (χ2v) is 2.84. The molecule has 0 aliphatic heterocycles. The largest absolute Gasteiger partial charge is 0.374 e. The van der Waals surface area contributed by atoms with Crippen LogP contribution < -0.4 is 21.9 Å². The molecule has 7 nitrogen and oxygen atoms in total. The van der Waals surface area contributed by atoms with E-state index in [2.05, 4.69) is 15.6 Å². The second-order valence-electron chi connectivity index (χ2n) is 2.84. The minimum atomic E-state index is -0.615. The molecular formula is C8H12N4O3. The predicted molar refractivity (Wildman–Crippen MR) is 54.9 cm³/mol. The van der Waals surface area contributed by atoms with Crippen LogP contribution in [-0.4, -0.2) is 29.6 Å². The summed E-state index contributed by atoms with van der Waals surface area (Å²) >= 11 is 0. The van der Waals surface area contributed by atoms with Gasteiger partial charge in [0.1, 0.15) is 12.4 Å². The predicted octanol–water partition coefficient (Wildman–Crippen LogP) is -1.68. The fourth-order valence-corrected chi connectivity index (χ4v) is 1.03. The number of aromatic amines is 1. The first-order valence-electron chi connectivity index (χ1n) is 4.31. The highest BCUT2D eigenvalue weighted by Crippen LogP contribution is 1.89. The van der Waals surface area contributed by atoms with Gasteiger partial charge < -0.3 is 10.6 Å². The third kappa shape index (κ3) is 2.46. The van der Waals surface area contributed by atoms with E-state index in [1.807, 2.05) is 0 Å². The molecule has 1 amide bonds. The van der Waals surface area contributed by atoms with Crippen LogP contribution in [0, 0.1) is 0 Å². The summed E-state index contributed by atoms with van der Waals surface area (Å²) in [5.74, 6) is -0.0852. The van der Waals surface area contributed by atoms with Gasteiger partial charge in [0, 0.05) is 20.2 Å². The van der Waals surface area contributed by atoms with Gasteiger partial charge in [0.15, 0.2) is 0 Å². The molecule has 0 aromatic carbocycles. The van der Waals surface area contributed by atoms with E-state index in [0.717, 1.165) is 4.57 Å². The summed E-state index contributed by atoms with van der Waals surface area (Å²) < 4.78 is 0.819. The van der Waals surface area contributed by atoms with Crippen LogP contribution in [0.2, 0.25) is 0 Å². The van der Waals surface area contributed by atoms with Gasteiger partial charge in [-0.3, -0.25) is 19.1 Å². The second kappa shape index (κ2) is 4.45. The molecule has 0 saturated heterocycles. The Morgan fingerprint density at radius 1 is 1.47 bits per heavy atom. The molecule has 0 radical (unpaired) electrons. The van der Waals surface area contributed by atoms with Crippen LogP contribution in [0.5, 0.6) is 0 Å². The van der Waals surface area contributed by atoms with Gasteiger partial charge in [0.05, 0.1) is 0 Å². The number of carbonyl (C=O) groups is 1. The number of rotatable bonds is 3. The van der Waals surface area contributed by atoms with Crippen LogP contribution >= 0.6 is 0 Å². The smallest absolute Gasteiger partial charge is 0.330 e. The molecule has 0 bridgehead atoms. The van der Waals surface area contributed by atoms with Crippen molar-refractivity contribution in [2.45, 2.75) is 6.54 Å². The van der Waals surface area contributed by atoms with Crippen molar-refractivity contribution in [2.24, 2.45) is 0 Å². The monoisotopic (exact) mass is 212 g/mol. The van der Waals surface area contributed by atoms with Crippen LogP contribution in [0.25, 0.3) is 0 Å². The lowest BCUT2D eigenvalue weighted by Gasteiger charge is -2.04. The van der Waals surface area contributed by atoms with Gasteiger partial charge in [-0.1, -0.05) is 0 Å². The summed E-state index contributed by atoms with van der Waals surface area (Å²) in [5.41, 5.74) is -1.14. The van der Waals surface area contributed by atoms with E-state index in [9.17, 15) is 14.4 Å². The van der Waals surface area contributed by atoms with Crippen LogP contribution in [0.3, 0.4) is 0 Å². The molecular weight excluding hydrogens is 200 g/mol. The Labute approximate surface area is 85.1 Å². The van der Waals surface area contributed by atoms with Crippen molar-refractivity contribution in [3.8, 4) is 0 Å². The number of anilines is 1. The molecule has 1 rings (SSSR count). The standard InChI is InChI=1S/C8H12N4O3/c1-9-5-3-7(14)12(8(15)11-5)4-6(13)10-2/h3,9H,4H2,1-2H3,(H,10,13)(H,11,15). The van der Waals surface area contributed by atoms with E-state index < -0.39 is 17.2 Å². The minimum Gasteiger partial charge on any atom is -0.374 e. The van der Waals surface area contributed by atoms with Gasteiger partial charge in [-0.2, -0.15) is 0 Å². The summed E-state index contributed by atoms with van der Waals surface area (Å²) in [6.45, 7) is -0.283. The quantitative estimate of drug-likeness (QED) is 0.558. The Kier molecular flexibility index (Phi) is 3.27. The highest BCUT2D eigenvalue weighted by atomic mass is 16.2. The number of amides is 1. The molecule has 1 aromatic rings. The number of nitrogens with zero attached hydrogens (tertiary/aromatic N) is 1. The van der Waals surface area contributed by atoms with Crippen molar-refractivity contribution in [1.82, 2.24) is 14.9 Å². The summed E-state index contributed by atoms with van der Waals surface area (Å²) in [6.07, 6.45) is 0. The Morgan fingerprint density at radius 2 is 2.13 bits per heavy atom. The molecule has 0 fully saturated rings. The van der Waals surface area contributed by atoms with Crippen molar-refractivity contribution in [1.29, 1.82) is 0 Å². The van der Waals surface area contributed by atoms with Crippen LogP contribution in [0.15, 0.2) is 15.7 Å².